The fraction of sp³-hybridized carbons (Fsp3) is 0.500. The third kappa shape index (κ3) is 6.06. The lowest BCUT2D eigenvalue weighted by Crippen LogP contribution is -2.50. The predicted molar refractivity (Wildman–Crippen MR) is 141 cm³/mol. The molecule has 0 radical (unpaired) electrons. The van der Waals surface area contributed by atoms with Gasteiger partial charge in [0.1, 0.15) is 36.1 Å². The van der Waals surface area contributed by atoms with Gasteiger partial charge in [0.25, 0.3) is 12.3 Å². The van der Waals surface area contributed by atoms with Gasteiger partial charge in [0.2, 0.25) is 5.91 Å². The highest BCUT2D eigenvalue weighted by Crippen LogP contribution is 2.38. The Morgan fingerprint density at radius 2 is 1.95 bits per heavy atom. The van der Waals surface area contributed by atoms with E-state index >= 15 is 0 Å². The quantitative estimate of drug-likeness (QED) is 0.339. The summed E-state index contributed by atoms with van der Waals surface area (Å²) in [7, 11) is 1.39. The van der Waals surface area contributed by atoms with Crippen molar-refractivity contribution in [2.75, 3.05) is 20.3 Å². The molecule has 3 aromatic rings. The van der Waals surface area contributed by atoms with Crippen LogP contribution in [0.1, 0.15) is 60.1 Å². The van der Waals surface area contributed by atoms with E-state index in [1.165, 1.54) is 31.6 Å². The van der Waals surface area contributed by atoms with Gasteiger partial charge in [0.05, 0.1) is 23.7 Å². The highest BCUT2D eigenvalue weighted by Gasteiger charge is 2.33. The van der Waals surface area contributed by atoms with Gasteiger partial charge in [-0.15, -0.1) is 0 Å². The van der Waals surface area contributed by atoms with Crippen molar-refractivity contribution < 1.29 is 32.2 Å². The number of ether oxygens (including phenoxy) is 2. The molecule has 3 N–H and O–H groups in total. The van der Waals surface area contributed by atoms with Crippen molar-refractivity contribution in [3.8, 4) is 17.0 Å². The van der Waals surface area contributed by atoms with Gasteiger partial charge in [-0.25, -0.2) is 23.1 Å². The highest BCUT2D eigenvalue weighted by molar-refractivity contribution is 6.09. The van der Waals surface area contributed by atoms with E-state index in [2.05, 4.69) is 25.6 Å². The molecule has 9 nitrogen and oxygen atoms in total. The molecule has 2 fully saturated rings. The number of aromatic nitrogens is 3. The average molecular weight is 560 g/mol. The van der Waals surface area contributed by atoms with Gasteiger partial charge in [-0.05, 0) is 56.7 Å². The van der Waals surface area contributed by atoms with Gasteiger partial charge in [0, 0.05) is 36.4 Å². The zero-order valence-corrected chi connectivity index (χ0v) is 22.3. The molecule has 0 unspecified atom stereocenters. The number of nitrogens with one attached hydrogen (secondary N) is 3. The van der Waals surface area contributed by atoms with E-state index in [-0.39, 0.29) is 30.1 Å². The van der Waals surface area contributed by atoms with E-state index in [1.807, 2.05) is 0 Å². The van der Waals surface area contributed by atoms with Gasteiger partial charge < -0.3 is 25.1 Å². The molecule has 2 heterocycles. The lowest BCUT2D eigenvalue weighted by atomic mass is 9.89. The number of halogens is 3. The van der Waals surface area contributed by atoms with Crippen LogP contribution < -0.4 is 15.4 Å². The Morgan fingerprint density at radius 1 is 1.15 bits per heavy atom. The molecule has 2 amide bonds. The minimum absolute atomic E-state index is 0.0490. The maximum Gasteiger partial charge on any atom is 0.263 e. The second-order valence-corrected chi connectivity index (χ2v) is 10.5. The van der Waals surface area contributed by atoms with Crippen LogP contribution in [0.2, 0.25) is 0 Å². The lowest BCUT2D eigenvalue weighted by molar-refractivity contribution is -0.126. The molecule has 2 saturated carbocycles. The van der Waals surface area contributed by atoms with E-state index in [0.29, 0.717) is 59.1 Å². The molecule has 5 rings (SSSR count). The van der Waals surface area contributed by atoms with Gasteiger partial charge >= 0.3 is 0 Å². The molecule has 2 aliphatic rings. The summed E-state index contributed by atoms with van der Waals surface area (Å²) in [4.78, 5) is 37.0. The number of carbonyl (C=O) groups excluding carboxylic acids is 2. The third-order valence-corrected chi connectivity index (χ3v) is 7.41. The molecule has 0 bridgehead atoms. The predicted octanol–water partition coefficient (Wildman–Crippen LogP) is 4.41. The summed E-state index contributed by atoms with van der Waals surface area (Å²) in [6, 6.07) is 3.15. The zero-order valence-electron chi connectivity index (χ0n) is 22.3. The molecule has 0 spiro atoms. The first-order valence-electron chi connectivity index (χ1n) is 13.4. The Bertz CT molecular complexity index is 1390. The summed E-state index contributed by atoms with van der Waals surface area (Å²) in [6.45, 7) is 2.05. The Hall–Kier alpha value is -3.67. The van der Waals surface area contributed by atoms with Crippen molar-refractivity contribution in [2.45, 2.75) is 63.7 Å². The smallest absolute Gasteiger partial charge is 0.263 e. The van der Waals surface area contributed by atoms with Gasteiger partial charge in [-0.2, -0.15) is 0 Å². The number of rotatable bonds is 10. The highest BCUT2D eigenvalue weighted by atomic mass is 19.3. The molecular weight excluding hydrogens is 527 g/mol. The number of fused-ring (bicyclic) bond motifs is 1. The number of H-pyrrole nitrogens is 1. The Balaban J connectivity index is 1.38. The maximum atomic E-state index is 14.8. The first-order valence-corrected chi connectivity index (χ1v) is 13.4. The third-order valence-electron chi connectivity index (χ3n) is 7.41. The number of methoxy groups -OCH3 is 1. The SMILES string of the molecule is COCC(=O)N[C@H]1CC[C@H](NC(=O)c2c(C)[nH]c3c(-c4cc(C(F)F)ccc4OCC4CC4)ncnc23)C[C@H]1F. The number of aromatic amines is 1. The van der Waals surface area contributed by atoms with Crippen molar-refractivity contribution >= 4 is 22.8 Å². The van der Waals surface area contributed by atoms with Gasteiger partial charge in [-0.3, -0.25) is 9.59 Å². The second kappa shape index (κ2) is 11.8. The van der Waals surface area contributed by atoms with Crippen LogP contribution >= 0.6 is 0 Å². The Kier molecular flexibility index (Phi) is 8.24. The molecule has 0 saturated heterocycles. The fourth-order valence-electron chi connectivity index (χ4n) is 5.14. The topological polar surface area (TPSA) is 118 Å². The van der Waals surface area contributed by atoms with E-state index in [0.717, 1.165) is 12.8 Å². The molecule has 12 heteroatoms. The van der Waals surface area contributed by atoms with Crippen molar-refractivity contribution in [1.82, 2.24) is 25.6 Å². The monoisotopic (exact) mass is 559 g/mol. The van der Waals surface area contributed by atoms with E-state index in [1.54, 1.807) is 6.92 Å². The summed E-state index contributed by atoms with van der Waals surface area (Å²) >= 11 is 0. The van der Waals surface area contributed by atoms with E-state index in [9.17, 15) is 22.8 Å². The number of benzene rings is 1. The van der Waals surface area contributed by atoms with Crippen molar-refractivity contribution in [2.24, 2.45) is 5.92 Å². The molecule has 2 aliphatic carbocycles. The number of nitrogens with zero attached hydrogens (tertiary/aromatic N) is 2. The van der Waals surface area contributed by atoms with E-state index < -0.39 is 30.6 Å². The summed E-state index contributed by atoms with van der Waals surface area (Å²) in [5.74, 6) is 0.0660. The summed E-state index contributed by atoms with van der Waals surface area (Å²) in [5, 5.41) is 5.53. The van der Waals surface area contributed by atoms with Crippen LogP contribution in [0, 0.1) is 12.8 Å². The maximum absolute atomic E-state index is 14.8. The minimum atomic E-state index is -2.68. The van der Waals surface area contributed by atoms with Crippen LogP contribution in [0.5, 0.6) is 5.75 Å². The second-order valence-electron chi connectivity index (χ2n) is 10.5. The lowest BCUT2D eigenvalue weighted by Gasteiger charge is -2.32. The Labute approximate surface area is 229 Å². The van der Waals surface area contributed by atoms with Crippen molar-refractivity contribution in [3.63, 3.8) is 0 Å². The van der Waals surface area contributed by atoms with Gasteiger partial charge in [0.15, 0.2) is 0 Å². The molecule has 1 aromatic carbocycles. The number of amides is 2. The fourth-order valence-corrected chi connectivity index (χ4v) is 5.14. The van der Waals surface area contributed by atoms with Crippen LogP contribution in [0.3, 0.4) is 0 Å². The zero-order chi connectivity index (χ0) is 28.4. The molecular formula is C28H32F3N5O4. The molecule has 40 heavy (non-hydrogen) atoms. The Morgan fingerprint density at radius 3 is 2.65 bits per heavy atom. The number of alkyl halides is 3. The van der Waals surface area contributed by atoms with Crippen LogP contribution in [-0.2, 0) is 9.53 Å². The number of carbonyl (C=O) groups is 2. The van der Waals surface area contributed by atoms with Crippen LogP contribution in [0.4, 0.5) is 13.2 Å². The van der Waals surface area contributed by atoms with Crippen LogP contribution in [0.25, 0.3) is 22.3 Å². The average Bonchev–Trinajstić information content (AvgIpc) is 3.68. The number of hydrogen-bond acceptors (Lipinski definition) is 6. The minimum Gasteiger partial charge on any atom is -0.493 e. The number of hydrogen-bond donors (Lipinski definition) is 3. The standard InChI is InChI=1S/C28H32F3N5O4/c1-14-23(28(38)35-17-6-7-20(19(29)10-17)36-22(37)12-39-2)25-26(34-14)24(32-13-33-25)18-9-16(27(30)31)5-8-21(18)40-11-15-3-4-15/h5,8-9,13,15,17,19-20,27,34H,3-4,6-7,10-12H2,1-2H3,(H,35,38)(H,36,37)/t17-,19+,20-/m0/s1. The number of aryl methyl sites for hydroxylation is 1. The van der Waals surface area contributed by atoms with Gasteiger partial charge in [-0.1, -0.05) is 0 Å². The summed E-state index contributed by atoms with van der Waals surface area (Å²) in [5.41, 5.74) is 2.09. The first kappa shape index (κ1) is 27.9. The molecule has 0 aliphatic heterocycles. The van der Waals surface area contributed by atoms with E-state index in [4.69, 9.17) is 9.47 Å². The molecule has 3 atom stereocenters. The normalized spacial score (nSPS) is 21.0. The molecule has 2 aromatic heterocycles. The first-order chi connectivity index (χ1) is 19.2. The van der Waals surface area contributed by atoms with Crippen LogP contribution in [0.15, 0.2) is 24.5 Å². The summed E-state index contributed by atoms with van der Waals surface area (Å²) in [6.07, 6.45) is 0.323. The van der Waals surface area contributed by atoms with Crippen LogP contribution in [-0.4, -0.2) is 65.3 Å². The largest absolute Gasteiger partial charge is 0.493 e. The van der Waals surface area contributed by atoms with Crippen molar-refractivity contribution in [1.29, 1.82) is 0 Å². The summed E-state index contributed by atoms with van der Waals surface area (Å²) < 4.78 is 52.7. The molecule has 214 valence electrons. The van der Waals surface area contributed by atoms with Crippen molar-refractivity contribution in [3.05, 3.63) is 41.3 Å².